The van der Waals surface area contributed by atoms with Crippen molar-refractivity contribution < 1.29 is 4.79 Å². The molecule has 3 aromatic rings. The lowest BCUT2D eigenvalue weighted by Crippen LogP contribution is -2.48. The lowest BCUT2D eigenvalue weighted by molar-refractivity contribution is 0.0703. The Morgan fingerprint density at radius 2 is 2.00 bits per heavy atom. The van der Waals surface area contributed by atoms with Gasteiger partial charge in [0, 0.05) is 38.3 Å². The van der Waals surface area contributed by atoms with E-state index in [9.17, 15) is 9.59 Å². The number of aromatic nitrogens is 2. The molecule has 6 heteroatoms. The number of piperazine rings is 1. The van der Waals surface area contributed by atoms with Crippen molar-refractivity contribution >= 4 is 16.8 Å². The number of nitrogens with one attached hydrogen (secondary N) is 1. The molecule has 1 aromatic heterocycles. The summed E-state index contributed by atoms with van der Waals surface area (Å²) in [7, 11) is 1.66. The maximum absolute atomic E-state index is 13.0. The molecule has 1 fully saturated rings. The summed E-state index contributed by atoms with van der Waals surface area (Å²) in [5, 5.41) is 3.99. The van der Waals surface area contributed by atoms with E-state index in [-0.39, 0.29) is 17.5 Å². The van der Waals surface area contributed by atoms with Crippen molar-refractivity contribution in [1.29, 1.82) is 0 Å². The number of carbonyl (C=O) groups is 1. The molecule has 0 radical (unpaired) electrons. The van der Waals surface area contributed by atoms with E-state index in [1.165, 1.54) is 16.5 Å². The van der Waals surface area contributed by atoms with Crippen LogP contribution in [-0.2, 0) is 7.05 Å². The number of amides is 1. The van der Waals surface area contributed by atoms with E-state index in [1.54, 1.807) is 25.2 Å². The smallest absolute Gasteiger partial charge is 0.260 e. The van der Waals surface area contributed by atoms with Crippen molar-refractivity contribution in [2.75, 3.05) is 19.6 Å². The molecule has 26 heavy (non-hydrogen) atoms. The van der Waals surface area contributed by atoms with Gasteiger partial charge in [-0.15, -0.1) is 0 Å². The minimum Gasteiger partial charge on any atom is -0.335 e. The van der Waals surface area contributed by atoms with Crippen LogP contribution in [0, 0.1) is 0 Å². The topological polar surface area (TPSA) is 67.2 Å². The van der Waals surface area contributed by atoms with E-state index >= 15 is 0 Å². The third-order valence-electron chi connectivity index (χ3n) is 4.83. The van der Waals surface area contributed by atoms with Crippen molar-refractivity contribution in [3.8, 4) is 0 Å². The molecular weight excluding hydrogens is 328 g/mol. The largest absolute Gasteiger partial charge is 0.335 e. The van der Waals surface area contributed by atoms with Gasteiger partial charge >= 0.3 is 0 Å². The summed E-state index contributed by atoms with van der Waals surface area (Å²) in [6.45, 7) is 2.02. The van der Waals surface area contributed by atoms with Gasteiger partial charge in [0.15, 0.2) is 0 Å². The van der Waals surface area contributed by atoms with Gasteiger partial charge in [0.1, 0.15) is 0 Å². The molecule has 1 aliphatic rings. The Hall–Kier alpha value is -2.99. The van der Waals surface area contributed by atoms with Gasteiger partial charge in [-0.3, -0.25) is 9.59 Å². The SMILES string of the molecule is Cn1cnc2cc(C(=O)N3CCN[C@H](c4ccccc4)C3)ccc2c1=O. The lowest BCUT2D eigenvalue weighted by Gasteiger charge is -2.34. The Kier molecular flexibility index (Phi) is 4.26. The van der Waals surface area contributed by atoms with Crippen LogP contribution in [0.2, 0.25) is 0 Å². The van der Waals surface area contributed by atoms with Crippen LogP contribution < -0.4 is 10.9 Å². The molecule has 0 aliphatic carbocycles. The summed E-state index contributed by atoms with van der Waals surface area (Å²) in [6, 6.07) is 15.4. The number of hydrogen-bond donors (Lipinski definition) is 1. The van der Waals surface area contributed by atoms with Gasteiger partial charge in [0.05, 0.1) is 17.2 Å². The standard InChI is InChI=1S/C20H20N4O2/c1-23-13-22-17-11-15(7-8-16(17)20(23)26)19(25)24-10-9-21-18(12-24)14-5-3-2-4-6-14/h2-8,11,13,18,21H,9-10,12H2,1H3/t18-/m0/s1. The maximum Gasteiger partial charge on any atom is 0.260 e. The van der Waals surface area contributed by atoms with E-state index in [0.717, 1.165) is 6.54 Å². The van der Waals surface area contributed by atoms with Crippen molar-refractivity contribution in [3.05, 3.63) is 76.3 Å². The van der Waals surface area contributed by atoms with Gasteiger partial charge in [-0.2, -0.15) is 0 Å². The highest BCUT2D eigenvalue weighted by Gasteiger charge is 2.25. The molecule has 1 atom stereocenters. The van der Waals surface area contributed by atoms with Gasteiger partial charge in [0.25, 0.3) is 11.5 Å². The second kappa shape index (κ2) is 6.72. The maximum atomic E-state index is 13.0. The number of nitrogens with zero attached hydrogens (tertiary/aromatic N) is 3. The molecule has 6 nitrogen and oxygen atoms in total. The van der Waals surface area contributed by atoms with E-state index in [2.05, 4.69) is 22.4 Å². The highest BCUT2D eigenvalue weighted by Crippen LogP contribution is 2.19. The summed E-state index contributed by atoms with van der Waals surface area (Å²) in [6.07, 6.45) is 1.48. The minimum atomic E-state index is -0.111. The Labute approximate surface area is 151 Å². The van der Waals surface area contributed by atoms with Crippen LogP contribution in [0.25, 0.3) is 10.9 Å². The van der Waals surface area contributed by atoms with Crippen LogP contribution in [0.3, 0.4) is 0 Å². The zero-order chi connectivity index (χ0) is 18.1. The molecule has 1 amide bonds. The Morgan fingerprint density at radius 3 is 2.81 bits per heavy atom. The molecule has 1 saturated heterocycles. The first-order valence-corrected chi connectivity index (χ1v) is 8.66. The number of rotatable bonds is 2. The van der Waals surface area contributed by atoms with Crippen molar-refractivity contribution in [2.24, 2.45) is 7.05 Å². The Morgan fingerprint density at radius 1 is 1.19 bits per heavy atom. The average Bonchev–Trinajstić information content (AvgIpc) is 2.71. The predicted octanol–water partition coefficient (Wildman–Crippen LogP) is 1.72. The molecule has 4 rings (SSSR count). The van der Waals surface area contributed by atoms with Crippen LogP contribution in [0.5, 0.6) is 0 Å². The number of aryl methyl sites for hydroxylation is 1. The zero-order valence-corrected chi connectivity index (χ0v) is 14.6. The number of carbonyl (C=O) groups excluding carboxylic acids is 1. The van der Waals surface area contributed by atoms with Crippen molar-refractivity contribution in [3.63, 3.8) is 0 Å². The fraction of sp³-hybridized carbons (Fsp3) is 0.250. The molecule has 1 aliphatic heterocycles. The van der Waals surface area contributed by atoms with Gasteiger partial charge in [-0.05, 0) is 23.8 Å². The van der Waals surface area contributed by atoms with Crippen LogP contribution in [-0.4, -0.2) is 40.0 Å². The van der Waals surface area contributed by atoms with Gasteiger partial charge < -0.3 is 14.8 Å². The molecule has 2 aromatic carbocycles. The number of hydrogen-bond acceptors (Lipinski definition) is 4. The molecular formula is C20H20N4O2. The summed E-state index contributed by atoms with van der Waals surface area (Å²) >= 11 is 0. The first kappa shape index (κ1) is 16.5. The van der Waals surface area contributed by atoms with Crippen molar-refractivity contribution in [2.45, 2.75) is 6.04 Å². The van der Waals surface area contributed by atoms with E-state index in [1.807, 2.05) is 23.1 Å². The Bertz CT molecular complexity index is 1010. The zero-order valence-electron chi connectivity index (χ0n) is 14.6. The average molecular weight is 348 g/mol. The molecule has 0 bridgehead atoms. The quantitative estimate of drug-likeness (QED) is 0.766. The van der Waals surface area contributed by atoms with Crippen LogP contribution in [0.4, 0.5) is 0 Å². The first-order valence-electron chi connectivity index (χ1n) is 8.66. The second-order valence-electron chi connectivity index (χ2n) is 6.56. The molecule has 0 spiro atoms. The van der Waals surface area contributed by atoms with Crippen LogP contribution >= 0.6 is 0 Å². The summed E-state index contributed by atoms with van der Waals surface area (Å²) in [5.74, 6) is -0.0307. The third-order valence-corrected chi connectivity index (χ3v) is 4.83. The molecule has 1 N–H and O–H groups in total. The van der Waals surface area contributed by atoms with Gasteiger partial charge in [-0.25, -0.2) is 4.98 Å². The van der Waals surface area contributed by atoms with E-state index in [0.29, 0.717) is 29.6 Å². The van der Waals surface area contributed by atoms with Crippen LogP contribution in [0.15, 0.2) is 59.7 Å². The van der Waals surface area contributed by atoms with E-state index in [4.69, 9.17) is 0 Å². The summed E-state index contributed by atoms with van der Waals surface area (Å²) in [5.41, 5.74) is 2.18. The second-order valence-corrected chi connectivity index (χ2v) is 6.56. The number of benzene rings is 2. The summed E-state index contributed by atoms with van der Waals surface area (Å²) in [4.78, 5) is 31.2. The number of fused-ring (bicyclic) bond motifs is 1. The summed E-state index contributed by atoms with van der Waals surface area (Å²) < 4.78 is 1.44. The molecule has 0 saturated carbocycles. The Balaban J connectivity index is 1.60. The first-order chi connectivity index (χ1) is 12.6. The minimum absolute atomic E-state index is 0.0307. The fourth-order valence-corrected chi connectivity index (χ4v) is 3.37. The normalized spacial score (nSPS) is 17.4. The molecule has 2 heterocycles. The monoisotopic (exact) mass is 348 g/mol. The van der Waals surface area contributed by atoms with Gasteiger partial charge in [0.2, 0.25) is 0 Å². The predicted molar refractivity (Wildman–Crippen MR) is 100 cm³/mol. The fourth-order valence-electron chi connectivity index (χ4n) is 3.37. The highest BCUT2D eigenvalue weighted by atomic mass is 16.2. The molecule has 132 valence electrons. The third kappa shape index (κ3) is 2.99. The van der Waals surface area contributed by atoms with Crippen LogP contribution in [0.1, 0.15) is 22.0 Å². The van der Waals surface area contributed by atoms with Crippen molar-refractivity contribution in [1.82, 2.24) is 19.8 Å². The molecule has 0 unspecified atom stereocenters. The lowest BCUT2D eigenvalue weighted by atomic mass is 10.0. The van der Waals surface area contributed by atoms with Gasteiger partial charge in [-0.1, -0.05) is 30.3 Å². The highest BCUT2D eigenvalue weighted by molar-refractivity contribution is 5.97. The van der Waals surface area contributed by atoms with E-state index < -0.39 is 0 Å².